The summed E-state index contributed by atoms with van der Waals surface area (Å²) in [6.07, 6.45) is 7.84. The lowest BCUT2D eigenvalue weighted by atomic mass is 9.28. The molecular formula is C12H21BNO3-. The van der Waals surface area contributed by atoms with Gasteiger partial charge in [0, 0.05) is 6.61 Å². The summed E-state index contributed by atoms with van der Waals surface area (Å²) in [6.45, 7) is -1.08. The van der Waals surface area contributed by atoms with Crippen molar-refractivity contribution < 1.29 is 14.6 Å². The maximum Gasteiger partial charge on any atom is 0.273 e. The van der Waals surface area contributed by atoms with Crippen molar-refractivity contribution >= 4 is 12.5 Å². The van der Waals surface area contributed by atoms with Gasteiger partial charge in [-0.1, -0.05) is 38.5 Å². The van der Waals surface area contributed by atoms with Gasteiger partial charge in [0.2, 0.25) is 6.48 Å². The highest BCUT2D eigenvalue weighted by atomic mass is 16.5. The van der Waals surface area contributed by atoms with Crippen LogP contribution in [-0.2, 0) is 9.45 Å². The van der Waals surface area contributed by atoms with Crippen LogP contribution in [0.2, 0.25) is 11.6 Å². The molecule has 0 aromatic carbocycles. The highest BCUT2D eigenvalue weighted by molar-refractivity contribution is 6.77. The van der Waals surface area contributed by atoms with E-state index in [0.29, 0.717) is 18.1 Å². The van der Waals surface area contributed by atoms with Crippen molar-refractivity contribution in [2.45, 2.75) is 62.6 Å². The Morgan fingerprint density at radius 1 is 1.24 bits per heavy atom. The molecule has 0 aromatic heterocycles. The van der Waals surface area contributed by atoms with Gasteiger partial charge < -0.3 is 15.0 Å². The molecule has 0 aromatic rings. The Kier molecular flexibility index (Phi) is 2.91. The number of hydrogen-bond acceptors (Lipinski definition) is 4. The van der Waals surface area contributed by atoms with Crippen LogP contribution in [0, 0.1) is 0 Å². The first-order valence-electron chi connectivity index (χ1n) is 7.03. The molecule has 17 heavy (non-hydrogen) atoms. The van der Waals surface area contributed by atoms with E-state index in [1.165, 1.54) is 38.5 Å². The second kappa shape index (κ2) is 4.28. The van der Waals surface area contributed by atoms with E-state index in [9.17, 15) is 4.79 Å². The van der Waals surface area contributed by atoms with Crippen molar-refractivity contribution in [1.29, 1.82) is 0 Å². The average molecular weight is 238 g/mol. The molecule has 0 aliphatic carbocycles. The number of nitrogens with one attached hydrogen (secondary N) is 1. The van der Waals surface area contributed by atoms with Gasteiger partial charge >= 0.3 is 0 Å². The fraction of sp³-hybridized carbons (Fsp3) is 0.917. The maximum atomic E-state index is 11.9. The molecule has 5 heteroatoms. The van der Waals surface area contributed by atoms with E-state index < -0.39 is 6.48 Å². The van der Waals surface area contributed by atoms with Crippen LogP contribution in [0.4, 0.5) is 0 Å². The molecule has 3 heterocycles. The molecule has 0 radical (unpaired) electrons. The number of hydrogen-bond donors (Lipinski definition) is 2. The Balaban J connectivity index is 1.83. The van der Waals surface area contributed by atoms with Crippen LogP contribution in [0.25, 0.3) is 0 Å². The number of carbonyl (C=O) groups excluding carboxylic acids is 1. The average Bonchev–Trinajstić information content (AvgIpc) is 2.56. The third-order valence-corrected chi connectivity index (χ3v) is 5.18. The molecule has 3 saturated heterocycles. The highest BCUT2D eigenvalue weighted by Crippen LogP contribution is 2.53. The summed E-state index contributed by atoms with van der Waals surface area (Å²) in [6, 6.07) is -0.263. The fourth-order valence-electron chi connectivity index (χ4n) is 4.43. The largest absolute Gasteiger partial charge is 0.673 e. The standard InChI is InChI=1S/C12H21BNO3/c15-8-7-11-12(16)17-13(14-11)9-3-1-4-10(13)6-2-5-9/h9-11,14-15H,1-8H2/q-1. The summed E-state index contributed by atoms with van der Waals surface area (Å²) in [5, 5.41) is 12.5. The van der Waals surface area contributed by atoms with Crippen LogP contribution >= 0.6 is 0 Å². The monoisotopic (exact) mass is 238 g/mol. The van der Waals surface area contributed by atoms with Gasteiger partial charge in [-0.15, -0.1) is 11.6 Å². The molecule has 0 saturated carbocycles. The molecule has 3 aliphatic heterocycles. The van der Waals surface area contributed by atoms with Gasteiger partial charge in [-0.3, -0.25) is 4.79 Å². The van der Waals surface area contributed by atoms with E-state index in [2.05, 4.69) is 5.23 Å². The lowest BCUT2D eigenvalue weighted by molar-refractivity contribution is -0.135. The predicted molar refractivity (Wildman–Crippen MR) is 65.7 cm³/mol. The Morgan fingerprint density at radius 3 is 2.35 bits per heavy atom. The normalized spacial score (nSPS) is 45.0. The highest BCUT2D eigenvalue weighted by Gasteiger charge is 2.52. The van der Waals surface area contributed by atoms with Gasteiger partial charge in [0.15, 0.2) is 0 Å². The number of carbonyl (C=O) groups is 1. The lowest BCUT2D eigenvalue weighted by Gasteiger charge is -2.55. The minimum absolute atomic E-state index is 0.0499. The molecule has 2 N–H and O–H groups in total. The summed E-state index contributed by atoms with van der Waals surface area (Å²) < 4.78 is 5.82. The summed E-state index contributed by atoms with van der Waals surface area (Å²) in [5.74, 6) is 0.975. The smallest absolute Gasteiger partial charge is 0.273 e. The molecule has 3 rings (SSSR count). The number of aliphatic hydroxyl groups is 1. The van der Waals surface area contributed by atoms with E-state index in [0.717, 1.165) is 0 Å². The lowest BCUT2D eigenvalue weighted by Crippen LogP contribution is -2.60. The topological polar surface area (TPSA) is 58.6 Å². The summed E-state index contributed by atoms with van der Waals surface area (Å²) in [7, 11) is 0. The maximum absolute atomic E-state index is 11.9. The van der Waals surface area contributed by atoms with Crippen LogP contribution in [0.15, 0.2) is 0 Å². The van der Waals surface area contributed by atoms with Crippen molar-refractivity contribution in [2.24, 2.45) is 0 Å². The third kappa shape index (κ3) is 1.71. The van der Waals surface area contributed by atoms with E-state index in [4.69, 9.17) is 9.76 Å². The Hall–Kier alpha value is -0.545. The zero-order chi connectivity index (χ0) is 11.9. The van der Waals surface area contributed by atoms with E-state index in [-0.39, 0.29) is 18.6 Å². The first kappa shape index (κ1) is 11.5. The molecule has 3 aliphatic rings. The molecule has 3 fully saturated rings. The van der Waals surface area contributed by atoms with E-state index in [1.807, 2.05) is 0 Å². The zero-order valence-electron chi connectivity index (χ0n) is 10.2. The van der Waals surface area contributed by atoms with Crippen molar-refractivity contribution in [3.63, 3.8) is 0 Å². The summed E-state index contributed by atoms with van der Waals surface area (Å²) in [4.78, 5) is 11.9. The molecule has 1 unspecified atom stereocenters. The second-order valence-corrected chi connectivity index (χ2v) is 5.97. The third-order valence-electron chi connectivity index (χ3n) is 5.18. The first-order chi connectivity index (χ1) is 8.26. The van der Waals surface area contributed by atoms with Crippen LogP contribution < -0.4 is 5.23 Å². The first-order valence-corrected chi connectivity index (χ1v) is 7.03. The summed E-state index contributed by atoms with van der Waals surface area (Å²) >= 11 is 0. The van der Waals surface area contributed by atoms with Gasteiger partial charge in [0.05, 0.1) is 6.04 Å². The molecule has 1 atom stereocenters. The molecule has 96 valence electrons. The van der Waals surface area contributed by atoms with Crippen molar-refractivity contribution in [3.8, 4) is 0 Å². The molecule has 0 amide bonds. The quantitative estimate of drug-likeness (QED) is 0.714. The minimum atomic E-state index is -1.13. The van der Waals surface area contributed by atoms with E-state index in [1.54, 1.807) is 0 Å². The minimum Gasteiger partial charge on any atom is -0.673 e. The molecule has 2 bridgehead atoms. The zero-order valence-corrected chi connectivity index (χ0v) is 10.2. The van der Waals surface area contributed by atoms with Crippen LogP contribution in [0.5, 0.6) is 0 Å². The predicted octanol–water partition coefficient (Wildman–Crippen LogP) is 1.43. The molecule has 4 nitrogen and oxygen atoms in total. The SMILES string of the molecule is O=C1O[B-]2(NC1CCO)C1CCCC2CCC1. The Morgan fingerprint density at radius 2 is 1.82 bits per heavy atom. The second-order valence-electron chi connectivity index (χ2n) is 5.97. The van der Waals surface area contributed by atoms with Crippen LogP contribution in [-0.4, -0.2) is 30.2 Å². The van der Waals surface area contributed by atoms with Gasteiger partial charge in [0.1, 0.15) is 0 Å². The molecular weight excluding hydrogens is 217 g/mol. The fourth-order valence-corrected chi connectivity index (χ4v) is 4.43. The van der Waals surface area contributed by atoms with Crippen molar-refractivity contribution in [1.82, 2.24) is 5.23 Å². The van der Waals surface area contributed by atoms with E-state index >= 15 is 0 Å². The van der Waals surface area contributed by atoms with Gasteiger partial charge in [0.25, 0.3) is 5.97 Å². The number of aliphatic hydroxyl groups excluding tert-OH is 1. The number of rotatable bonds is 2. The van der Waals surface area contributed by atoms with Crippen LogP contribution in [0.1, 0.15) is 44.9 Å². The van der Waals surface area contributed by atoms with Gasteiger partial charge in [-0.25, -0.2) is 0 Å². The van der Waals surface area contributed by atoms with Gasteiger partial charge in [-0.2, -0.15) is 0 Å². The summed E-state index contributed by atoms with van der Waals surface area (Å²) in [5.41, 5.74) is 0. The van der Waals surface area contributed by atoms with Crippen molar-refractivity contribution in [3.05, 3.63) is 0 Å². The van der Waals surface area contributed by atoms with Gasteiger partial charge in [-0.05, 0) is 6.42 Å². The Bertz CT molecular complexity index is 301. The van der Waals surface area contributed by atoms with Crippen LogP contribution in [0.3, 0.4) is 0 Å². The van der Waals surface area contributed by atoms with Crippen molar-refractivity contribution in [2.75, 3.05) is 6.61 Å². The Labute approximate surface area is 102 Å². The molecule has 1 spiro atoms.